The standard InChI is InChI=1S/C19H21FN2O4S/c1-13-10-14-6-4-5-7-16(14)22(13)19(23)12-21(2)27(24,25)18-11-15(20)8-9-17(18)26-3/h4-9,11,13H,10,12H2,1-3H3. The van der Waals surface area contributed by atoms with Crippen molar-refractivity contribution >= 4 is 21.6 Å². The minimum Gasteiger partial charge on any atom is -0.495 e. The molecule has 1 heterocycles. The smallest absolute Gasteiger partial charge is 0.247 e. The van der Waals surface area contributed by atoms with Crippen LogP contribution < -0.4 is 9.64 Å². The van der Waals surface area contributed by atoms with E-state index in [1.807, 2.05) is 31.2 Å². The van der Waals surface area contributed by atoms with Crippen molar-refractivity contribution in [3.63, 3.8) is 0 Å². The number of anilines is 1. The molecule has 8 heteroatoms. The van der Waals surface area contributed by atoms with Gasteiger partial charge in [0, 0.05) is 18.8 Å². The Balaban J connectivity index is 1.86. The van der Waals surface area contributed by atoms with Crippen LogP contribution in [0.15, 0.2) is 47.4 Å². The van der Waals surface area contributed by atoms with Crippen LogP contribution in [-0.2, 0) is 21.2 Å². The number of carbonyl (C=O) groups excluding carboxylic acids is 1. The molecule has 2 aromatic carbocycles. The maximum Gasteiger partial charge on any atom is 0.247 e. The second kappa shape index (κ2) is 7.28. The van der Waals surface area contributed by atoms with Crippen LogP contribution in [0.5, 0.6) is 5.75 Å². The van der Waals surface area contributed by atoms with E-state index in [0.717, 1.165) is 34.1 Å². The van der Waals surface area contributed by atoms with Crippen LogP contribution in [0.3, 0.4) is 0 Å². The third-order valence-corrected chi connectivity index (χ3v) is 6.47. The van der Waals surface area contributed by atoms with Crippen molar-refractivity contribution in [2.75, 3.05) is 25.6 Å². The topological polar surface area (TPSA) is 66.9 Å². The summed E-state index contributed by atoms with van der Waals surface area (Å²) in [7, 11) is -1.50. The highest BCUT2D eigenvalue weighted by atomic mass is 32.2. The highest BCUT2D eigenvalue weighted by molar-refractivity contribution is 7.89. The SMILES string of the molecule is COc1ccc(F)cc1S(=O)(=O)N(C)CC(=O)N1c2ccccc2CC1C. The van der Waals surface area contributed by atoms with Gasteiger partial charge in [-0.1, -0.05) is 18.2 Å². The second-order valence-corrected chi connectivity index (χ2v) is 8.52. The number of nitrogens with zero attached hydrogens (tertiary/aromatic N) is 2. The molecule has 0 aromatic heterocycles. The number of para-hydroxylation sites is 1. The van der Waals surface area contributed by atoms with E-state index in [9.17, 15) is 17.6 Å². The molecule has 2 aromatic rings. The molecular formula is C19H21FN2O4S. The van der Waals surface area contributed by atoms with Gasteiger partial charge in [-0.2, -0.15) is 4.31 Å². The molecule has 0 bridgehead atoms. The first-order valence-corrected chi connectivity index (χ1v) is 9.89. The van der Waals surface area contributed by atoms with E-state index in [0.29, 0.717) is 0 Å². The summed E-state index contributed by atoms with van der Waals surface area (Å²) in [4.78, 5) is 14.1. The molecule has 0 saturated heterocycles. The molecule has 0 saturated carbocycles. The summed E-state index contributed by atoms with van der Waals surface area (Å²) in [6, 6.07) is 10.8. The summed E-state index contributed by atoms with van der Waals surface area (Å²) in [6.07, 6.45) is 0.718. The third kappa shape index (κ3) is 3.54. The van der Waals surface area contributed by atoms with E-state index in [2.05, 4.69) is 0 Å². The molecule has 6 nitrogen and oxygen atoms in total. The molecule has 144 valence electrons. The van der Waals surface area contributed by atoms with Crippen molar-refractivity contribution in [1.29, 1.82) is 0 Å². The largest absolute Gasteiger partial charge is 0.495 e. The number of rotatable bonds is 5. The Kier molecular flexibility index (Phi) is 5.21. The summed E-state index contributed by atoms with van der Waals surface area (Å²) in [5.41, 5.74) is 1.85. The zero-order valence-corrected chi connectivity index (χ0v) is 16.2. The van der Waals surface area contributed by atoms with Crippen molar-refractivity contribution in [2.45, 2.75) is 24.3 Å². The average Bonchev–Trinajstić information content (AvgIpc) is 2.97. The highest BCUT2D eigenvalue weighted by Gasteiger charge is 2.34. The molecule has 1 aliphatic heterocycles. The number of likely N-dealkylation sites (N-methyl/N-ethyl adjacent to an activating group) is 1. The Hall–Kier alpha value is -2.45. The first kappa shape index (κ1) is 19.3. The van der Waals surface area contributed by atoms with E-state index in [1.165, 1.54) is 20.2 Å². The van der Waals surface area contributed by atoms with E-state index in [4.69, 9.17) is 4.74 Å². The lowest BCUT2D eigenvalue weighted by Crippen LogP contribution is -2.43. The minimum atomic E-state index is -4.10. The fourth-order valence-electron chi connectivity index (χ4n) is 3.32. The van der Waals surface area contributed by atoms with Crippen molar-refractivity contribution < 1.29 is 22.3 Å². The Morgan fingerprint density at radius 3 is 2.70 bits per heavy atom. The van der Waals surface area contributed by atoms with Crippen LogP contribution >= 0.6 is 0 Å². The number of halogens is 1. The fourth-order valence-corrected chi connectivity index (χ4v) is 4.60. The van der Waals surface area contributed by atoms with Gasteiger partial charge < -0.3 is 9.64 Å². The average molecular weight is 392 g/mol. The molecule has 0 radical (unpaired) electrons. The van der Waals surface area contributed by atoms with Crippen LogP contribution in [-0.4, -0.2) is 45.4 Å². The lowest BCUT2D eigenvalue weighted by Gasteiger charge is -2.26. The Bertz CT molecular complexity index is 977. The number of amides is 1. The minimum absolute atomic E-state index is 0.0237. The quantitative estimate of drug-likeness (QED) is 0.784. The molecule has 3 rings (SSSR count). The molecule has 27 heavy (non-hydrogen) atoms. The van der Waals surface area contributed by atoms with Crippen LogP contribution in [0.25, 0.3) is 0 Å². The third-order valence-electron chi connectivity index (χ3n) is 4.65. The monoisotopic (exact) mass is 392 g/mol. The lowest BCUT2D eigenvalue weighted by molar-refractivity contribution is -0.118. The predicted octanol–water partition coefficient (Wildman–Crippen LogP) is 2.43. The number of hydrogen-bond donors (Lipinski definition) is 0. The molecule has 0 N–H and O–H groups in total. The highest BCUT2D eigenvalue weighted by Crippen LogP contribution is 2.32. The van der Waals surface area contributed by atoms with Crippen LogP contribution in [0.2, 0.25) is 0 Å². The van der Waals surface area contributed by atoms with Crippen molar-refractivity contribution in [3.8, 4) is 5.75 Å². The second-order valence-electron chi connectivity index (χ2n) is 6.50. The maximum atomic E-state index is 13.6. The maximum absolute atomic E-state index is 13.6. The van der Waals surface area contributed by atoms with Gasteiger partial charge in [0.25, 0.3) is 0 Å². The fraction of sp³-hybridized carbons (Fsp3) is 0.316. The summed E-state index contributed by atoms with van der Waals surface area (Å²) < 4.78 is 45.2. The van der Waals surface area contributed by atoms with Gasteiger partial charge in [-0.05, 0) is 43.2 Å². The zero-order valence-electron chi connectivity index (χ0n) is 15.3. The first-order chi connectivity index (χ1) is 12.8. The van der Waals surface area contributed by atoms with Crippen molar-refractivity contribution in [1.82, 2.24) is 4.31 Å². The molecule has 1 unspecified atom stereocenters. The Morgan fingerprint density at radius 1 is 1.30 bits per heavy atom. The van der Waals surface area contributed by atoms with E-state index in [1.54, 1.807) is 4.90 Å². The van der Waals surface area contributed by atoms with Gasteiger partial charge in [0.1, 0.15) is 16.5 Å². The lowest BCUT2D eigenvalue weighted by atomic mass is 10.1. The number of benzene rings is 2. The van der Waals surface area contributed by atoms with Crippen LogP contribution in [0.4, 0.5) is 10.1 Å². The number of sulfonamides is 1. The van der Waals surface area contributed by atoms with Gasteiger partial charge in [-0.3, -0.25) is 4.79 Å². The Labute approximate surface area is 158 Å². The summed E-state index contributed by atoms with van der Waals surface area (Å²) >= 11 is 0. The van der Waals surface area contributed by atoms with E-state index >= 15 is 0 Å². The van der Waals surface area contributed by atoms with Gasteiger partial charge in [0.2, 0.25) is 15.9 Å². The molecule has 0 spiro atoms. The molecule has 1 amide bonds. The molecule has 0 aliphatic carbocycles. The first-order valence-electron chi connectivity index (χ1n) is 8.45. The normalized spacial score (nSPS) is 16.5. The van der Waals surface area contributed by atoms with Gasteiger partial charge in [-0.15, -0.1) is 0 Å². The van der Waals surface area contributed by atoms with Crippen molar-refractivity contribution in [2.24, 2.45) is 0 Å². The number of fused-ring (bicyclic) bond motifs is 1. The summed E-state index contributed by atoms with van der Waals surface area (Å²) in [5, 5.41) is 0. The number of methoxy groups -OCH3 is 1. The van der Waals surface area contributed by atoms with Gasteiger partial charge in [-0.25, -0.2) is 12.8 Å². The predicted molar refractivity (Wildman–Crippen MR) is 99.9 cm³/mol. The molecular weight excluding hydrogens is 371 g/mol. The van der Waals surface area contributed by atoms with E-state index < -0.39 is 15.8 Å². The number of carbonyl (C=O) groups is 1. The van der Waals surface area contributed by atoms with E-state index in [-0.39, 0.29) is 29.1 Å². The summed E-state index contributed by atoms with van der Waals surface area (Å²) in [5.74, 6) is -1.01. The van der Waals surface area contributed by atoms with Crippen LogP contribution in [0, 0.1) is 5.82 Å². The number of hydrogen-bond acceptors (Lipinski definition) is 4. The molecule has 1 aliphatic rings. The van der Waals surface area contributed by atoms with Gasteiger partial charge in [0.15, 0.2) is 0 Å². The van der Waals surface area contributed by atoms with Crippen molar-refractivity contribution in [3.05, 3.63) is 53.8 Å². The van der Waals surface area contributed by atoms with Crippen LogP contribution in [0.1, 0.15) is 12.5 Å². The molecule has 1 atom stereocenters. The number of ether oxygens (including phenoxy) is 1. The summed E-state index contributed by atoms with van der Waals surface area (Å²) in [6.45, 7) is 1.56. The molecule has 0 fully saturated rings. The zero-order chi connectivity index (χ0) is 19.8. The van der Waals surface area contributed by atoms with Gasteiger partial charge >= 0.3 is 0 Å². The van der Waals surface area contributed by atoms with Gasteiger partial charge in [0.05, 0.1) is 13.7 Å². The Morgan fingerprint density at radius 2 is 2.00 bits per heavy atom.